The summed E-state index contributed by atoms with van der Waals surface area (Å²) in [6.07, 6.45) is 2.15. The van der Waals surface area contributed by atoms with Gasteiger partial charge in [0.05, 0.1) is 11.9 Å². The van der Waals surface area contributed by atoms with E-state index < -0.39 is 21.9 Å². The van der Waals surface area contributed by atoms with Crippen LogP contribution in [0.1, 0.15) is 45.6 Å². The molecule has 0 heterocycles. The van der Waals surface area contributed by atoms with E-state index >= 15 is 0 Å². The molecule has 0 unspecified atom stereocenters. The zero-order chi connectivity index (χ0) is 25.3. The number of sulfonamides is 1. The van der Waals surface area contributed by atoms with E-state index in [1.54, 1.807) is 6.92 Å². The number of amides is 2. The number of anilines is 1. The van der Waals surface area contributed by atoms with Crippen LogP contribution in [0, 0.1) is 5.82 Å². The highest BCUT2D eigenvalue weighted by Gasteiger charge is 2.27. The topological polar surface area (TPSA) is 86.8 Å². The van der Waals surface area contributed by atoms with Crippen LogP contribution in [0.4, 0.5) is 10.1 Å². The molecule has 0 radical (unpaired) electrons. The first-order valence-electron chi connectivity index (χ1n) is 11.4. The number of carbonyl (C=O) groups excluding carboxylic acids is 2. The molecule has 186 valence electrons. The van der Waals surface area contributed by atoms with Crippen molar-refractivity contribution in [1.29, 1.82) is 0 Å². The van der Waals surface area contributed by atoms with Gasteiger partial charge in [0.15, 0.2) is 0 Å². The zero-order valence-corrected chi connectivity index (χ0v) is 21.0. The molecule has 34 heavy (non-hydrogen) atoms. The van der Waals surface area contributed by atoms with Crippen molar-refractivity contribution >= 4 is 27.5 Å². The van der Waals surface area contributed by atoms with Crippen molar-refractivity contribution in [3.63, 3.8) is 0 Å². The molecule has 7 nitrogen and oxygen atoms in total. The molecular formula is C25H34FN3O4S. The Balaban J connectivity index is 2.13. The van der Waals surface area contributed by atoms with Gasteiger partial charge in [-0.2, -0.15) is 0 Å². The molecule has 1 N–H and O–H groups in total. The highest BCUT2D eigenvalue weighted by atomic mass is 32.2. The Bertz CT molecular complexity index is 1050. The molecule has 0 saturated carbocycles. The molecule has 0 spiro atoms. The fourth-order valence-corrected chi connectivity index (χ4v) is 4.40. The summed E-state index contributed by atoms with van der Waals surface area (Å²) in [6, 6.07) is 13.9. The number of rotatable bonds is 12. The molecule has 0 saturated heterocycles. The molecule has 0 fully saturated rings. The van der Waals surface area contributed by atoms with Crippen LogP contribution < -0.4 is 9.62 Å². The van der Waals surface area contributed by atoms with Crippen LogP contribution in [0.15, 0.2) is 54.6 Å². The number of hydrogen-bond acceptors (Lipinski definition) is 4. The third-order valence-corrected chi connectivity index (χ3v) is 6.82. The Labute approximate surface area is 202 Å². The number of benzene rings is 2. The van der Waals surface area contributed by atoms with E-state index in [2.05, 4.69) is 5.32 Å². The van der Waals surface area contributed by atoms with E-state index in [-0.39, 0.29) is 43.8 Å². The van der Waals surface area contributed by atoms with Crippen LogP contribution in [-0.4, -0.2) is 50.0 Å². The van der Waals surface area contributed by atoms with E-state index in [9.17, 15) is 22.4 Å². The number of nitrogens with one attached hydrogen (secondary N) is 1. The van der Waals surface area contributed by atoms with Crippen LogP contribution in [0.2, 0.25) is 0 Å². The van der Waals surface area contributed by atoms with Crippen molar-refractivity contribution in [2.75, 3.05) is 17.1 Å². The molecule has 2 atom stereocenters. The van der Waals surface area contributed by atoms with Gasteiger partial charge in [-0.3, -0.25) is 13.9 Å². The van der Waals surface area contributed by atoms with E-state index in [0.717, 1.165) is 22.5 Å². The van der Waals surface area contributed by atoms with E-state index in [4.69, 9.17) is 0 Å². The Morgan fingerprint density at radius 1 is 1.03 bits per heavy atom. The quantitative estimate of drug-likeness (QED) is 0.491. The number of hydrogen-bond donors (Lipinski definition) is 1. The highest BCUT2D eigenvalue weighted by Crippen LogP contribution is 2.19. The van der Waals surface area contributed by atoms with Gasteiger partial charge in [0.2, 0.25) is 21.8 Å². The van der Waals surface area contributed by atoms with Crippen LogP contribution in [-0.2, 0) is 26.2 Å². The second-order valence-electron chi connectivity index (χ2n) is 8.42. The lowest BCUT2D eigenvalue weighted by Crippen LogP contribution is -2.49. The number of carbonyl (C=O) groups is 2. The Morgan fingerprint density at radius 3 is 2.21 bits per heavy atom. The molecule has 9 heteroatoms. The first kappa shape index (κ1) is 27.3. The fourth-order valence-electron chi connectivity index (χ4n) is 3.44. The summed E-state index contributed by atoms with van der Waals surface area (Å²) in [6.45, 7) is 5.89. The normalized spacial score (nSPS) is 13.1. The van der Waals surface area contributed by atoms with Crippen molar-refractivity contribution in [3.05, 3.63) is 66.0 Å². The highest BCUT2D eigenvalue weighted by molar-refractivity contribution is 7.92. The Kier molecular flexibility index (Phi) is 10.0. The first-order valence-corrected chi connectivity index (χ1v) is 13.2. The van der Waals surface area contributed by atoms with E-state index in [0.29, 0.717) is 5.69 Å². The minimum Gasteiger partial charge on any atom is -0.352 e. The smallest absolute Gasteiger partial charge is 0.242 e. The van der Waals surface area contributed by atoms with Crippen molar-refractivity contribution in [2.45, 2.75) is 58.7 Å². The molecule has 2 aromatic rings. The lowest BCUT2D eigenvalue weighted by atomic mass is 10.1. The minimum atomic E-state index is -3.62. The van der Waals surface area contributed by atoms with Gasteiger partial charge in [-0.1, -0.05) is 37.3 Å². The minimum absolute atomic E-state index is 0.0114. The monoisotopic (exact) mass is 491 g/mol. The molecule has 0 bridgehead atoms. The van der Waals surface area contributed by atoms with Gasteiger partial charge < -0.3 is 10.2 Å². The van der Waals surface area contributed by atoms with Gasteiger partial charge in [-0.05, 0) is 56.5 Å². The summed E-state index contributed by atoms with van der Waals surface area (Å²) in [7, 11) is -3.62. The van der Waals surface area contributed by atoms with Crippen LogP contribution in [0.3, 0.4) is 0 Å². The molecule has 2 rings (SSSR count). The lowest BCUT2D eigenvalue weighted by molar-refractivity contribution is -0.140. The largest absolute Gasteiger partial charge is 0.352 e. The molecule has 2 amide bonds. The average molecular weight is 492 g/mol. The van der Waals surface area contributed by atoms with Crippen LogP contribution in [0.25, 0.3) is 0 Å². The van der Waals surface area contributed by atoms with Gasteiger partial charge in [0, 0.05) is 25.6 Å². The standard InChI is InChI=1S/C25H34FN3O4S/c1-5-19(2)27-25(31)20(3)28(18-21-10-7-6-8-11-21)24(30)12-9-17-29(34(4,32)33)23-15-13-22(26)14-16-23/h6-8,10-11,13-16,19-20H,5,9,12,17-18H2,1-4H3,(H,27,31)/t19-,20-/m1/s1. The van der Waals surface area contributed by atoms with Gasteiger partial charge in [-0.25, -0.2) is 12.8 Å². The maximum Gasteiger partial charge on any atom is 0.242 e. The van der Waals surface area contributed by atoms with E-state index in [1.807, 2.05) is 44.2 Å². The molecule has 0 aromatic heterocycles. The molecule has 0 aliphatic rings. The van der Waals surface area contributed by atoms with Gasteiger partial charge in [0.1, 0.15) is 11.9 Å². The Hall–Kier alpha value is -2.94. The van der Waals surface area contributed by atoms with Gasteiger partial charge in [0.25, 0.3) is 0 Å². The lowest BCUT2D eigenvalue weighted by Gasteiger charge is -2.30. The second kappa shape index (κ2) is 12.5. The van der Waals surface area contributed by atoms with Gasteiger partial charge >= 0.3 is 0 Å². The predicted molar refractivity (Wildman–Crippen MR) is 132 cm³/mol. The van der Waals surface area contributed by atoms with Crippen molar-refractivity contribution in [2.24, 2.45) is 0 Å². The SMILES string of the molecule is CC[C@@H](C)NC(=O)[C@@H](C)N(Cc1ccccc1)C(=O)CCCN(c1ccc(F)cc1)S(C)(=O)=O. The first-order chi connectivity index (χ1) is 16.0. The molecule has 0 aliphatic heterocycles. The summed E-state index contributed by atoms with van der Waals surface area (Å²) in [5.74, 6) is -0.945. The van der Waals surface area contributed by atoms with Crippen LogP contribution in [0.5, 0.6) is 0 Å². The van der Waals surface area contributed by atoms with Gasteiger partial charge in [-0.15, -0.1) is 0 Å². The summed E-state index contributed by atoms with van der Waals surface area (Å²) in [5.41, 5.74) is 1.22. The number of halogens is 1. The number of nitrogens with zero attached hydrogens (tertiary/aromatic N) is 2. The third kappa shape index (κ3) is 8.13. The second-order valence-corrected chi connectivity index (χ2v) is 10.3. The fraction of sp³-hybridized carbons (Fsp3) is 0.440. The predicted octanol–water partition coefficient (Wildman–Crippen LogP) is 3.70. The van der Waals surface area contributed by atoms with Crippen LogP contribution >= 0.6 is 0 Å². The average Bonchev–Trinajstić information content (AvgIpc) is 2.80. The summed E-state index contributed by atoms with van der Waals surface area (Å²) < 4.78 is 39.0. The summed E-state index contributed by atoms with van der Waals surface area (Å²) in [4.78, 5) is 27.5. The molecule has 0 aliphatic carbocycles. The Morgan fingerprint density at radius 2 is 1.65 bits per heavy atom. The molecular weight excluding hydrogens is 457 g/mol. The van der Waals surface area contributed by atoms with E-state index in [1.165, 1.54) is 29.2 Å². The maximum atomic E-state index is 13.3. The molecule has 2 aromatic carbocycles. The maximum absolute atomic E-state index is 13.3. The van der Waals surface area contributed by atoms with Crippen molar-refractivity contribution < 1.29 is 22.4 Å². The van der Waals surface area contributed by atoms with Crippen molar-refractivity contribution in [1.82, 2.24) is 10.2 Å². The summed E-state index contributed by atoms with van der Waals surface area (Å²) in [5, 5.41) is 2.92. The third-order valence-electron chi connectivity index (χ3n) is 5.63. The summed E-state index contributed by atoms with van der Waals surface area (Å²) >= 11 is 0. The zero-order valence-electron chi connectivity index (χ0n) is 20.2. The van der Waals surface area contributed by atoms with Crippen molar-refractivity contribution in [3.8, 4) is 0 Å².